The van der Waals surface area contributed by atoms with Crippen molar-refractivity contribution in [2.45, 2.75) is 9.79 Å². The average molecular weight is 369 g/mol. The minimum atomic E-state index is -4.74. The largest absolute Gasteiger partial charge is 1.00 e. The summed E-state index contributed by atoms with van der Waals surface area (Å²) < 4.78 is 65.6. The van der Waals surface area contributed by atoms with Gasteiger partial charge in [-0.05, 0) is 23.6 Å². The summed E-state index contributed by atoms with van der Waals surface area (Å²) >= 11 is 0. The molecule has 6 nitrogen and oxygen atoms in total. The molecule has 0 atom stereocenters. The average Bonchev–Trinajstić information content (AvgIpc) is 2.25. The number of fused-ring (bicyclic) bond motifs is 1. The van der Waals surface area contributed by atoms with Crippen molar-refractivity contribution in [2.24, 2.45) is 0 Å². The van der Waals surface area contributed by atoms with Crippen molar-refractivity contribution in [2.75, 3.05) is 0 Å². The van der Waals surface area contributed by atoms with Gasteiger partial charge in [0, 0.05) is 5.39 Å². The second-order valence-corrected chi connectivity index (χ2v) is 6.28. The van der Waals surface area contributed by atoms with Gasteiger partial charge in [-0.2, -0.15) is 0 Å². The molecule has 0 fully saturated rings. The predicted octanol–water partition coefficient (Wildman–Crippen LogP) is -4.92. The molecule has 0 heterocycles. The van der Waals surface area contributed by atoms with Gasteiger partial charge in [0.1, 0.15) is 20.2 Å². The van der Waals surface area contributed by atoms with E-state index in [0.29, 0.717) is 5.39 Å². The smallest absolute Gasteiger partial charge is 0.744 e. The van der Waals surface area contributed by atoms with E-state index < -0.39 is 30.0 Å². The zero-order valence-corrected chi connectivity index (χ0v) is 17.6. The first-order valence-corrected chi connectivity index (χ1v) is 7.46. The van der Waals surface area contributed by atoms with Crippen LogP contribution in [0.25, 0.3) is 10.8 Å². The predicted molar refractivity (Wildman–Crippen MR) is 67.1 cm³/mol. The number of rotatable bonds is 2. The molecule has 21 heavy (non-hydrogen) atoms. The first-order valence-electron chi connectivity index (χ1n) is 4.64. The van der Waals surface area contributed by atoms with Crippen molar-refractivity contribution in [3.8, 4) is 0 Å². The van der Waals surface area contributed by atoms with Crippen LogP contribution in [0.1, 0.15) is 0 Å². The molecule has 0 aliphatic rings. The Kier molecular flexibility index (Phi) is 9.86. The van der Waals surface area contributed by atoms with Crippen molar-refractivity contribution < 1.29 is 85.1 Å². The van der Waals surface area contributed by atoms with Gasteiger partial charge < -0.3 is 9.11 Å². The molecule has 11 heteroatoms. The Hall–Kier alpha value is 0.810. The summed E-state index contributed by atoms with van der Waals surface area (Å²) in [6, 6.07) is 7.15. The summed E-state index contributed by atoms with van der Waals surface area (Å²) in [4.78, 5) is -1.13. The minimum absolute atomic E-state index is 0. The second kappa shape index (κ2) is 8.60. The van der Waals surface area contributed by atoms with Crippen LogP contribution in [0.3, 0.4) is 0 Å². The maximum absolute atomic E-state index is 11.0. The van der Waals surface area contributed by atoms with Crippen LogP contribution in [0.2, 0.25) is 0 Å². The van der Waals surface area contributed by atoms with E-state index in [9.17, 15) is 25.9 Å². The van der Waals surface area contributed by atoms with E-state index in [1.807, 2.05) is 0 Å². The summed E-state index contributed by atoms with van der Waals surface area (Å²) in [5.74, 6) is 0. The number of benzene rings is 2. The second-order valence-electron chi connectivity index (χ2n) is 3.55. The van der Waals surface area contributed by atoms with E-state index in [0.717, 1.165) is 18.2 Å². The fourth-order valence-corrected chi connectivity index (χ4v) is 2.78. The van der Waals surface area contributed by atoms with Crippen molar-refractivity contribution in [3.63, 3.8) is 0 Å². The molecule has 0 amide bonds. The standard InChI is InChI=1S/C10H8O6S2.ClH.2Na/c11-17(12,13)8-5-4-7-2-1-3-10(9(7)6-8)18(14,15)16;;;/h1-6H,(H,11,12,13)(H,14,15,16);1H;;/q;;2*+1/p-2. The zero-order chi connectivity index (χ0) is 13.6. The van der Waals surface area contributed by atoms with Gasteiger partial charge in [0.25, 0.3) is 0 Å². The Morgan fingerprint density at radius 3 is 1.86 bits per heavy atom. The van der Waals surface area contributed by atoms with Crippen LogP contribution in [-0.4, -0.2) is 25.9 Å². The van der Waals surface area contributed by atoms with E-state index in [-0.39, 0.29) is 76.9 Å². The third kappa shape index (κ3) is 5.74. The van der Waals surface area contributed by atoms with E-state index in [1.54, 1.807) is 0 Å². The molecule has 104 valence electrons. The fourth-order valence-electron chi connectivity index (χ4n) is 1.60. The van der Waals surface area contributed by atoms with Crippen molar-refractivity contribution >= 4 is 43.4 Å². The van der Waals surface area contributed by atoms with Crippen LogP contribution in [0.15, 0.2) is 46.2 Å². The Morgan fingerprint density at radius 1 is 0.810 bits per heavy atom. The van der Waals surface area contributed by atoms with E-state index in [4.69, 9.17) is 0 Å². The van der Waals surface area contributed by atoms with Gasteiger partial charge in [0.15, 0.2) is 0 Å². The van der Waals surface area contributed by atoms with E-state index >= 15 is 0 Å². The molecule has 2 aromatic carbocycles. The molecule has 0 aromatic heterocycles. The van der Waals surface area contributed by atoms with Crippen molar-refractivity contribution in [1.82, 2.24) is 0 Å². The van der Waals surface area contributed by atoms with E-state index in [1.165, 1.54) is 18.2 Å². The molecule has 0 saturated heterocycles. The van der Waals surface area contributed by atoms with Crippen LogP contribution >= 0.6 is 12.4 Å². The Morgan fingerprint density at radius 2 is 1.38 bits per heavy atom. The Labute approximate surface area is 172 Å². The van der Waals surface area contributed by atoms with Gasteiger partial charge in [-0.15, -0.1) is 12.4 Å². The SMILES string of the molecule is Cl.O=S(=O)([O-])c1ccc2cccc(S(=O)(=O)[O-])c2c1.[Na+].[Na+]. The number of halogens is 1. The fraction of sp³-hybridized carbons (Fsp3) is 0. The zero-order valence-electron chi connectivity index (χ0n) is 11.1. The van der Waals surface area contributed by atoms with Gasteiger partial charge in [-0.3, -0.25) is 0 Å². The van der Waals surface area contributed by atoms with Crippen LogP contribution in [0.5, 0.6) is 0 Å². The summed E-state index contributed by atoms with van der Waals surface area (Å²) in [6.07, 6.45) is 0. The minimum Gasteiger partial charge on any atom is -0.744 e. The third-order valence-electron chi connectivity index (χ3n) is 2.37. The molecular formula is C10H7ClNa2O6S2. The molecule has 0 unspecified atom stereocenters. The molecule has 0 aliphatic carbocycles. The number of hydrogen-bond donors (Lipinski definition) is 0. The van der Waals surface area contributed by atoms with Gasteiger partial charge in [0.05, 0.1) is 9.79 Å². The summed E-state index contributed by atoms with van der Waals surface area (Å²) in [5, 5.41) is 0.281. The molecule has 0 radical (unpaired) electrons. The Bertz CT molecular complexity index is 836. The summed E-state index contributed by atoms with van der Waals surface area (Å²) in [7, 11) is -9.44. The van der Waals surface area contributed by atoms with Crippen LogP contribution in [0, 0.1) is 0 Å². The molecule has 2 aromatic rings. The van der Waals surface area contributed by atoms with Crippen molar-refractivity contribution in [1.29, 1.82) is 0 Å². The van der Waals surface area contributed by atoms with Crippen LogP contribution < -0.4 is 59.1 Å². The molecule has 0 bridgehead atoms. The first-order chi connectivity index (χ1) is 8.19. The maximum Gasteiger partial charge on any atom is 1.00 e. The van der Waals surface area contributed by atoms with E-state index in [2.05, 4.69) is 0 Å². The quantitative estimate of drug-likeness (QED) is 0.387. The molecule has 2 rings (SSSR count). The van der Waals surface area contributed by atoms with Gasteiger partial charge in [0.2, 0.25) is 0 Å². The van der Waals surface area contributed by atoms with Gasteiger partial charge in [-0.1, -0.05) is 18.2 Å². The topological polar surface area (TPSA) is 114 Å². The first kappa shape index (κ1) is 24.1. The van der Waals surface area contributed by atoms with Gasteiger partial charge >= 0.3 is 59.1 Å². The normalized spacial score (nSPS) is 11.0. The van der Waals surface area contributed by atoms with Crippen LogP contribution in [-0.2, 0) is 20.2 Å². The molecular weight excluding hydrogens is 362 g/mol. The molecule has 0 aliphatic heterocycles. The molecule has 0 N–H and O–H groups in total. The Balaban J connectivity index is 0. The maximum atomic E-state index is 11.0. The summed E-state index contributed by atoms with van der Waals surface area (Å²) in [5.41, 5.74) is 0. The van der Waals surface area contributed by atoms with Crippen LogP contribution in [0.4, 0.5) is 0 Å². The number of hydrogen-bond acceptors (Lipinski definition) is 6. The third-order valence-corrected chi connectivity index (χ3v) is 4.10. The molecule has 0 saturated carbocycles. The monoisotopic (exact) mass is 368 g/mol. The van der Waals surface area contributed by atoms with Gasteiger partial charge in [-0.25, -0.2) is 16.8 Å². The molecule has 0 spiro atoms. The van der Waals surface area contributed by atoms with Crippen molar-refractivity contribution in [3.05, 3.63) is 36.4 Å². The summed E-state index contributed by atoms with van der Waals surface area (Å²) in [6.45, 7) is 0.